The number of hydrogen-bond acceptors (Lipinski definition) is 2. The topological polar surface area (TPSA) is 49.4 Å². The second-order valence-corrected chi connectivity index (χ2v) is 7.62. The number of nitrogens with zero attached hydrogens (tertiary/aromatic N) is 1. The lowest BCUT2D eigenvalue weighted by atomic mass is 10.1. The zero-order valence-electron chi connectivity index (χ0n) is 16.2. The molecule has 5 heteroatoms. The first kappa shape index (κ1) is 21.2. The van der Waals surface area contributed by atoms with Gasteiger partial charge >= 0.3 is 0 Å². The van der Waals surface area contributed by atoms with Crippen LogP contribution in [0.25, 0.3) is 0 Å². The van der Waals surface area contributed by atoms with E-state index >= 15 is 0 Å². The molecule has 1 N–H and O–H groups in total. The molecule has 1 atom stereocenters. The molecule has 0 saturated heterocycles. The van der Waals surface area contributed by atoms with Gasteiger partial charge in [-0.15, -0.1) is 0 Å². The molecule has 2 aromatic rings. The van der Waals surface area contributed by atoms with Crippen LogP contribution in [0.1, 0.15) is 37.0 Å². The smallest absolute Gasteiger partial charge is 0.242 e. The van der Waals surface area contributed by atoms with Crippen LogP contribution < -0.4 is 5.32 Å². The van der Waals surface area contributed by atoms with E-state index in [-0.39, 0.29) is 11.8 Å². The van der Waals surface area contributed by atoms with Crippen molar-refractivity contribution in [1.82, 2.24) is 10.2 Å². The Labute approximate surface area is 170 Å². The zero-order valence-corrected chi connectivity index (χ0v) is 17.8. The van der Waals surface area contributed by atoms with Crippen molar-refractivity contribution in [2.45, 2.75) is 46.2 Å². The average Bonchev–Trinajstić information content (AvgIpc) is 2.65. The SMILES string of the molecule is CCNC(=O)[C@@H](C)N(Cc1cccc(Br)c1)C(=O)CCc1ccc(C)cc1. The van der Waals surface area contributed by atoms with Gasteiger partial charge in [-0.3, -0.25) is 9.59 Å². The predicted molar refractivity (Wildman–Crippen MR) is 112 cm³/mol. The Hall–Kier alpha value is -2.14. The summed E-state index contributed by atoms with van der Waals surface area (Å²) in [6.07, 6.45) is 1.04. The molecule has 0 bridgehead atoms. The van der Waals surface area contributed by atoms with Gasteiger partial charge in [-0.05, 0) is 50.5 Å². The third-order valence-corrected chi connectivity index (χ3v) is 5.00. The molecule has 27 heavy (non-hydrogen) atoms. The Morgan fingerprint density at radius 3 is 2.44 bits per heavy atom. The van der Waals surface area contributed by atoms with Gasteiger partial charge in [-0.25, -0.2) is 0 Å². The molecule has 0 heterocycles. The van der Waals surface area contributed by atoms with Crippen LogP contribution in [0.3, 0.4) is 0 Å². The lowest BCUT2D eigenvalue weighted by Crippen LogP contribution is -2.47. The number of hydrogen-bond donors (Lipinski definition) is 1. The molecule has 0 radical (unpaired) electrons. The van der Waals surface area contributed by atoms with E-state index in [2.05, 4.69) is 45.5 Å². The van der Waals surface area contributed by atoms with Gasteiger partial charge in [0, 0.05) is 24.0 Å². The van der Waals surface area contributed by atoms with Gasteiger partial charge in [0.1, 0.15) is 6.04 Å². The van der Waals surface area contributed by atoms with Crippen LogP contribution in [0.2, 0.25) is 0 Å². The Bertz CT molecular complexity index is 774. The molecule has 4 nitrogen and oxygen atoms in total. The lowest BCUT2D eigenvalue weighted by Gasteiger charge is -2.29. The number of aryl methyl sites for hydroxylation is 2. The van der Waals surface area contributed by atoms with Gasteiger partial charge in [-0.2, -0.15) is 0 Å². The standard InChI is InChI=1S/C22H27BrN2O2/c1-4-24-22(27)17(3)25(15-19-6-5-7-20(23)14-19)21(26)13-12-18-10-8-16(2)9-11-18/h5-11,14,17H,4,12-13,15H2,1-3H3,(H,24,27)/t17-/m1/s1. The maximum absolute atomic E-state index is 13.0. The number of benzene rings is 2. The van der Waals surface area contributed by atoms with Gasteiger partial charge in [-0.1, -0.05) is 57.9 Å². The summed E-state index contributed by atoms with van der Waals surface area (Å²) in [6.45, 7) is 6.66. The first-order chi connectivity index (χ1) is 12.9. The molecule has 0 aliphatic carbocycles. The van der Waals surface area contributed by atoms with Crippen LogP contribution in [0.15, 0.2) is 53.0 Å². The first-order valence-corrected chi connectivity index (χ1v) is 10.1. The Kier molecular flexibility index (Phi) is 8.04. The summed E-state index contributed by atoms with van der Waals surface area (Å²) in [6, 6.07) is 15.5. The van der Waals surface area contributed by atoms with Crippen molar-refractivity contribution in [2.24, 2.45) is 0 Å². The zero-order chi connectivity index (χ0) is 19.8. The van der Waals surface area contributed by atoms with Crippen molar-refractivity contribution in [2.75, 3.05) is 6.54 Å². The van der Waals surface area contributed by atoms with Gasteiger partial charge in [0.05, 0.1) is 0 Å². The third-order valence-electron chi connectivity index (χ3n) is 4.51. The number of halogens is 1. The molecule has 0 spiro atoms. The fraction of sp³-hybridized carbons (Fsp3) is 0.364. The highest BCUT2D eigenvalue weighted by Gasteiger charge is 2.25. The number of carbonyl (C=O) groups excluding carboxylic acids is 2. The molecular weight excluding hydrogens is 404 g/mol. The Morgan fingerprint density at radius 1 is 1.11 bits per heavy atom. The van der Waals surface area contributed by atoms with E-state index in [9.17, 15) is 9.59 Å². The molecule has 2 amide bonds. The number of amides is 2. The Balaban J connectivity index is 2.12. The van der Waals surface area contributed by atoms with E-state index in [1.165, 1.54) is 5.56 Å². The summed E-state index contributed by atoms with van der Waals surface area (Å²) < 4.78 is 0.956. The number of likely N-dealkylation sites (N-methyl/N-ethyl adjacent to an activating group) is 1. The molecule has 0 fully saturated rings. The fourth-order valence-corrected chi connectivity index (χ4v) is 3.33. The number of rotatable bonds is 8. The molecule has 144 valence electrons. The van der Waals surface area contributed by atoms with Gasteiger partial charge in [0.25, 0.3) is 0 Å². The van der Waals surface area contributed by atoms with Crippen LogP contribution in [-0.4, -0.2) is 29.3 Å². The number of nitrogens with one attached hydrogen (secondary N) is 1. The van der Waals surface area contributed by atoms with E-state index in [1.54, 1.807) is 11.8 Å². The Morgan fingerprint density at radius 2 is 1.81 bits per heavy atom. The summed E-state index contributed by atoms with van der Waals surface area (Å²) in [5.74, 6) is -0.148. The summed E-state index contributed by atoms with van der Waals surface area (Å²) in [5, 5.41) is 2.82. The highest BCUT2D eigenvalue weighted by Crippen LogP contribution is 2.17. The van der Waals surface area contributed by atoms with Crippen LogP contribution >= 0.6 is 15.9 Å². The molecule has 0 unspecified atom stereocenters. The van der Waals surface area contributed by atoms with Crippen molar-refractivity contribution < 1.29 is 9.59 Å². The minimum absolute atomic E-state index is 0.0192. The largest absolute Gasteiger partial charge is 0.355 e. The normalized spacial score (nSPS) is 11.7. The minimum atomic E-state index is -0.519. The monoisotopic (exact) mass is 430 g/mol. The van der Waals surface area contributed by atoms with Gasteiger partial charge in [0.2, 0.25) is 11.8 Å². The second kappa shape index (κ2) is 10.3. The van der Waals surface area contributed by atoms with Crippen molar-refractivity contribution in [3.63, 3.8) is 0 Å². The molecule has 0 aliphatic heterocycles. The lowest BCUT2D eigenvalue weighted by molar-refractivity contribution is -0.140. The molecule has 0 aromatic heterocycles. The van der Waals surface area contributed by atoms with Gasteiger partial charge < -0.3 is 10.2 Å². The summed E-state index contributed by atoms with van der Waals surface area (Å²) in [4.78, 5) is 27.0. The van der Waals surface area contributed by atoms with Crippen molar-refractivity contribution in [1.29, 1.82) is 0 Å². The van der Waals surface area contributed by atoms with Crippen molar-refractivity contribution >= 4 is 27.7 Å². The van der Waals surface area contributed by atoms with Crippen LogP contribution in [0.4, 0.5) is 0 Å². The van der Waals surface area contributed by atoms with E-state index in [4.69, 9.17) is 0 Å². The van der Waals surface area contributed by atoms with Crippen LogP contribution in [-0.2, 0) is 22.6 Å². The molecule has 2 aromatic carbocycles. The van der Waals surface area contributed by atoms with Crippen LogP contribution in [0.5, 0.6) is 0 Å². The van der Waals surface area contributed by atoms with E-state index < -0.39 is 6.04 Å². The van der Waals surface area contributed by atoms with Crippen LogP contribution in [0, 0.1) is 6.92 Å². The average molecular weight is 431 g/mol. The van der Waals surface area contributed by atoms with E-state index in [0.29, 0.717) is 25.9 Å². The minimum Gasteiger partial charge on any atom is -0.355 e. The van der Waals surface area contributed by atoms with E-state index in [0.717, 1.165) is 15.6 Å². The fourth-order valence-electron chi connectivity index (χ4n) is 2.89. The molecule has 0 aliphatic rings. The van der Waals surface area contributed by atoms with Gasteiger partial charge in [0.15, 0.2) is 0 Å². The second-order valence-electron chi connectivity index (χ2n) is 6.71. The van der Waals surface area contributed by atoms with Crippen molar-refractivity contribution in [3.8, 4) is 0 Å². The molecule has 0 saturated carbocycles. The maximum Gasteiger partial charge on any atom is 0.242 e. The molecular formula is C22H27BrN2O2. The van der Waals surface area contributed by atoms with E-state index in [1.807, 2.05) is 38.1 Å². The predicted octanol–water partition coefficient (Wildman–Crippen LogP) is 4.24. The highest BCUT2D eigenvalue weighted by molar-refractivity contribution is 9.10. The number of carbonyl (C=O) groups is 2. The summed E-state index contributed by atoms with van der Waals surface area (Å²) in [7, 11) is 0. The summed E-state index contributed by atoms with van der Waals surface area (Å²) in [5.41, 5.74) is 3.32. The quantitative estimate of drug-likeness (QED) is 0.680. The van der Waals surface area contributed by atoms with Crippen molar-refractivity contribution in [3.05, 3.63) is 69.7 Å². The first-order valence-electron chi connectivity index (χ1n) is 9.28. The summed E-state index contributed by atoms with van der Waals surface area (Å²) >= 11 is 3.46. The highest BCUT2D eigenvalue weighted by atomic mass is 79.9. The molecule has 2 rings (SSSR count). The third kappa shape index (κ3) is 6.51. The maximum atomic E-state index is 13.0.